The molecule has 112 valence electrons. The standard InChI is InChI=1S/C17H20ClNO2/c1-12-7-8-16(13(2)9-12)19-10-14(20)11-21-17-6-4-3-5-15(17)18/h3-9,14,19-20H,10-11H2,1-2H3. The summed E-state index contributed by atoms with van der Waals surface area (Å²) in [5.41, 5.74) is 3.41. The maximum Gasteiger partial charge on any atom is 0.138 e. The number of aliphatic hydroxyl groups is 1. The molecular weight excluding hydrogens is 286 g/mol. The van der Waals surface area contributed by atoms with E-state index in [4.69, 9.17) is 16.3 Å². The van der Waals surface area contributed by atoms with E-state index in [1.807, 2.05) is 31.2 Å². The van der Waals surface area contributed by atoms with E-state index in [1.54, 1.807) is 12.1 Å². The molecule has 1 unspecified atom stereocenters. The fraction of sp³-hybridized carbons (Fsp3) is 0.294. The van der Waals surface area contributed by atoms with Crippen molar-refractivity contribution in [1.29, 1.82) is 0 Å². The Morgan fingerprint density at radius 1 is 1.19 bits per heavy atom. The van der Waals surface area contributed by atoms with Crippen molar-refractivity contribution in [2.45, 2.75) is 20.0 Å². The second kappa shape index (κ2) is 7.34. The molecule has 21 heavy (non-hydrogen) atoms. The number of rotatable bonds is 6. The monoisotopic (exact) mass is 305 g/mol. The average molecular weight is 306 g/mol. The van der Waals surface area contributed by atoms with Gasteiger partial charge in [0, 0.05) is 12.2 Å². The molecule has 0 saturated carbocycles. The van der Waals surface area contributed by atoms with E-state index in [9.17, 15) is 5.11 Å². The first-order chi connectivity index (χ1) is 10.1. The van der Waals surface area contributed by atoms with Crippen LogP contribution in [0.5, 0.6) is 5.75 Å². The van der Waals surface area contributed by atoms with Gasteiger partial charge in [-0.2, -0.15) is 0 Å². The molecule has 2 rings (SSSR count). The predicted molar refractivity (Wildman–Crippen MR) is 87.4 cm³/mol. The molecule has 0 aromatic heterocycles. The van der Waals surface area contributed by atoms with Crippen LogP contribution in [0.1, 0.15) is 11.1 Å². The first-order valence-electron chi connectivity index (χ1n) is 6.93. The van der Waals surface area contributed by atoms with Crippen LogP contribution in [-0.4, -0.2) is 24.4 Å². The van der Waals surface area contributed by atoms with Crippen LogP contribution in [0.4, 0.5) is 5.69 Å². The number of ether oxygens (including phenoxy) is 1. The van der Waals surface area contributed by atoms with Gasteiger partial charge in [-0.1, -0.05) is 41.4 Å². The summed E-state index contributed by atoms with van der Waals surface area (Å²) in [5.74, 6) is 0.588. The SMILES string of the molecule is Cc1ccc(NCC(O)COc2ccccc2Cl)c(C)c1. The maximum absolute atomic E-state index is 9.98. The molecule has 0 fully saturated rings. The lowest BCUT2D eigenvalue weighted by Gasteiger charge is -2.16. The van der Waals surface area contributed by atoms with Crippen LogP contribution in [0.3, 0.4) is 0 Å². The van der Waals surface area contributed by atoms with E-state index >= 15 is 0 Å². The third kappa shape index (κ3) is 4.66. The Labute approximate surface area is 130 Å². The van der Waals surface area contributed by atoms with Crippen LogP contribution < -0.4 is 10.1 Å². The van der Waals surface area contributed by atoms with Crippen molar-refractivity contribution in [3.63, 3.8) is 0 Å². The number of para-hydroxylation sites is 1. The average Bonchev–Trinajstić information content (AvgIpc) is 2.45. The molecule has 4 heteroatoms. The van der Waals surface area contributed by atoms with Crippen LogP contribution >= 0.6 is 11.6 Å². The Bertz CT molecular complexity index is 601. The van der Waals surface area contributed by atoms with Gasteiger partial charge in [0.25, 0.3) is 0 Å². The van der Waals surface area contributed by atoms with Gasteiger partial charge in [-0.15, -0.1) is 0 Å². The Morgan fingerprint density at radius 3 is 2.67 bits per heavy atom. The lowest BCUT2D eigenvalue weighted by molar-refractivity contribution is 0.117. The minimum absolute atomic E-state index is 0.196. The summed E-state index contributed by atoms with van der Waals surface area (Å²) in [6, 6.07) is 13.4. The molecule has 0 radical (unpaired) electrons. The molecule has 3 nitrogen and oxygen atoms in total. The molecule has 0 heterocycles. The number of aryl methyl sites for hydroxylation is 2. The lowest BCUT2D eigenvalue weighted by Crippen LogP contribution is -2.26. The summed E-state index contributed by atoms with van der Waals surface area (Å²) < 4.78 is 5.51. The second-order valence-electron chi connectivity index (χ2n) is 5.09. The maximum atomic E-state index is 9.98. The Hall–Kier alpha value is -1.71. The highest BCUT2D eigenvalue weighted by Gasteiger charge is 2.08. The molecule has 2 aromatic carbocycles. The zero-order chi connectivity index (χ0) is 15.2. The Morgan fingerprint density at radius 2 is 1.95 bits per heavy atom. The van der Waals surface area contributed by atoms with Crippen molar-refractivity contribution in [2.24, 2.45) is 0 Å². The van der Waals surface area contributed by atoms with Gasteiger partial charge in [0.2, 0.25) is 0 Å². The van der Waals surface area contributed by atoms with Gasteiger partial charge in [-0.3, -0.25) is 0 Å². The van der Waals surface area contributed by atoms with Crippen molar-refractivity contribution in [1.82, 2.24) is 0 Å². The van der Waals surface area contributed by atoms with Crippen LogP contribution in [0, 0.1) is 13.8 Å². The number of hydrogen-bond acceptors (Lipinski definition) is 3. The van der Waals surface area contributed by atoms with Crippen molar-refractivity contribution in [2.75, 3.05) is 18.5 Å². The molecule has 0 amide bonds. The lowest BCUT2D eigenvalue weighted by atomic mass is 10.1. The molecule has 2 N–H and O–H groups in total. The summed E-state index contributed by atoms with van der Waals surface area (Å²) in [6.07, 6.45) is -0.609. The van der Waals surface area contributed by atoms with Gasteiger partial charge in [-0.25, -0.2) is 0 Å². The Balaban J connectivity index is 1.82. The zero-order valence-corrected chi connectivity index (χ0v) is 13.0. The van der Waals surface area contributed by atoms with Crippen LogP contribution in [0.25, 0.3) is 0 Å². The highest BCUT2D eigenvalue weighted by molar-refractivity contribution is 6.32. The van der Waals surface area contributed by atoms with Crippen LogP contribution in [-0.2, 0) is 0 Å². The minimum Gasteiger partial charge on any atom is -0.489 e. The van der Waals surface area contributed by atoms with E-state index in [1.165, 1.54) is 5.56 Å². The molecule has 0 aliphatic rings. The molecule has 0 bridgehead atoms. The highest BCUT2D eigenvalue weighted by Crippen LogP contribution is 2.23. The largest absolute Gasteiger partial charge is 0.489 e. The topological polar surface area (TPSA) is 41.5 Å². The van der Waals surface area contributed by atoms with Crippen molar-refractivity contribution < 1.29 is 9.84 Å². The smallest absolute Gasteiger partial charge is 0.138 e. The van der Waals surface area contributed by atoms with E-state index < -0.39 is 6.10 Å². The van der Waals surface area contributed by atoms with Crippen molar-refractivity contribution >= 4 is 17.3 Å². The fourth-order valence-electron chi connectivity index (χ4n) is 2.05. The van der Waals surface area contributed by atoms with Gasteiger partial charge < -0.3 is 15.2 Å². The molecule has 2 aromatic rings. The summed E-state index contributed by atoms with van der Waals surface area (Å²) >= 11 is 5.99. The number of benzene rings is 2. The minimum atomic E-state index is -0.609. The predicted octanol–water partition coefficient (Wildman–Crippen LogP) is 3.81. The molecule has 0 saturated heterocycles. The van der Waals surface area contributed by atoms with E-state index in [0.29, 0.717) is 17.3 Å². The van der Waals surface area contributed by atoms with Crippen LogP contribution in [0.15, 0.2) is 42.5 Å². The number of hydrogen-bond donors (Lipinski definition) is 2. The fourth-order valence-corrected chi connectivity index (χ4v) is 2.24. The zero-order valence-electron chi connectivity index (χ0n) is 12.3. The van der Waals surface area contributed by atoms with E-state index in [2.05, 4.69) is 18.3 Å². The third-order valence-electron chi connectivity index (χ3n) is 3.18. The van der Waals surface area contributed by atoms with E-state index in [-0.39, 0.29) is 6.61 Å². The first-order valence-corrected chi connectivity index (χ1v) is 7.30. The number of nitrogens with one attached hydrogen (secondary N) is 1. The van der Waals surface area contributed by atoms with Crippen molar-refractivity contribution in [3.05, 3.63) is 58.6 Å². The summed E-state index contributed by atoms with van der Waals surface area (Å²) in [5, 5.41) is 13.8. The highest BCUT2D eigenvalue weighted by atomic mass is 35.5. The normalized spacial score (nSPS) is 12.0. The van der Waals surface area contributed by atoms with Gasteiger partial charge >= 0.3 is 0 Å². The van der Waals surface area contributed by atoms with Gasteiger partial charge in [0.15, 0.2) is 0 Å². The number of anilines is 1. The number of halogens is 1. The molecule has 0 spiro atoms. The van der Waals surface area contributed by atoms with Crippen molar-refractivity contribution in [3.8, 4) is 5.75 Å². The van der Waals surface area contributed by atoms with Crippen LogP contribution in [0.2, 0.25) is 5.02 Å². The third-order valence-corrected chi connectivity index (χ3v) is 3.49. The molecule has 1 atom stereocenters. The molecule has 0 aliphatic heterocycles. The molecular formula is C17H20ClNO2. The number of aliphatic hydroxyl groups excluding tert-OH is 1. The van der Waals surface area contributed by atoms with E-state index in [0.717, 1.165) is 11.3 Å². The Kier molecular flexibility index (Phi) is 5.48. The summed E-state index contributed by atoms with van der Waals surface area (Å²) in [6.45, 7) is 4.72. The first kappa shape index (κ1) is 15.7. The summed E-state index contributed by atoms with van der Waals surface area (Å²) in [7, 11) is 0. The summed E-state index contributed by atoms with van der Waals surface area (Å²) in [4.78, 5) is 0. The van der Waals surface area contributed by atoms with Gasteiger partial charge in [0.05, 0.1) is 5.02 Å². The second-order valence-corrected chi connectivity index (χ2v) is 5.50. The quantitative estimate of drug-likeness (QED) is 0.853. The van der Waals surface area contributed by atoms with Gasteiger partial charge in [0.1, 0.15) is 18.5 Å². The van der Waals surface area contributed by atoms with Gasteiger partial charge in [-0.05, 0) is 37.6 Å². The molecule has 0 aliphatic carbocycles.